The third kappa shape index (κ3) is 4.82. The highest BCUT2D eigenvalue weighted by Crippen LogP contribution is 2.19. The maximum atomic E-state index is 12.3. The molecule has 0 amide bonds. The van der Waals surface area contributed by atoms with Crippen molar-refractivity contribution in [2.45, 2.75) is 20.5 Å². The molecule has 0 fully saturated rings. The molecular weight excluding hydrogens is 314 g/mol. The number of nitrogens with one attached hydrogen (secondary N) is 1. The zero-order valence-corrected chi connectivity index (χ0v) is 14.1. The summed E-state index contributed by atoms with van der Waals surface area (Å²) in [5.74, 6) is -0.572. The van der Waals surface area contributed by atoms with Crippen LogP contribution in [0.2, 0.25) is 0 Å². The second-order valence-electron chi connectivity index (χ2n) is 5.43. The minimum atomic E-state index is -3.47. The van der Waals surface area contributed by atoms with Crippen molar-refractivity contribution < 1.29 is 17.9 Å². The highest BCUT2D eigenvalue weighted by molar-refractivity contribution is 7.92. The summed E-state index contributed by atoms with van der Waals surface area (Å²) in [6, 6.07) is 12.3. The fraction of sp³-hybridized carbons (Fsp3) is 0.235. The van der Waals surface area contributed by atoms with Crippen LogP contribution in [0.3, 0.4) is 0 Å². The van der Waals surface area contributed by atoms with Gasteiger partial charge in [-0.1, -0.05) is 35.9 Å². The zero-order chi connectivity index (χ0) is 17.0. The maximum absolute atomic E-state index is 12.3. The summed E-state index contributed by atoms with van der Waals surface area (Å²) in [5, 5.41) is 0. The SMILES string of the molecule is Cc1ccc(C)c(COC(=O)c2ccccc2NS(C)(=O)=O)c1. The highest BCUT2D eigenvalue weighted by Gasteiger charge is 2.15. The number of ether oxygens (including phenoxy) is 1. The van der Waals surface area contributed by atoms with E-state index in [2.05, 4.69) is 4.72 Å². The van der Waals surface area contributed by atoms with Gasteiger partial charge < -0.3 is 4.74 Å². The molecule has 2 aromatic carbocycles. The molecule has 0 aliphatic rings. The minimum absolute atomic E-state index is 0.138. The number of aryl methyl sites for hydroxylation is 2. The average Bonchev–Trinajstić information content (AvgIpc) is 2.47. The minimum Gasteiger partial charge on any atom is -0.457 e. The quantitative estimate of drug-likeness (QED) is 0.854. The molecule has 6 heteroatoms. The van der Waals surface area contributed by atoms with E-state index in [1.807, 2.05) is 32.0 Å². The van der Waals surface area contributed by atoms with Crippen molar-refractivity contribution in [2.24, 2.45) is 0 Å². The molecule has 2 rings (SSSR count). The van der Waals surface area contributed by atoms with Crippen LogP contribution in [-0.4, -0.2) is 20.6 Å². The van der Waals surface area contributed by atoms with Crippen molar-refractivity contribution in [3.63, 3.8) is 0 Å². The Labute approximate surface area is 136 Å². The van der Waals surface area contributed by atoms with Crippen LogP contribution >= 0.6 is 0 Å². The molecule has 0 unspecified atom stereocenters. The number of hydrogen-bond donors (Lipinski definition) is 1. The average molecular weight is 333 g/mol. The molecule has 0 heterocycles. The first-order valence-corrected chi connectivity index (χ1v) is 8.95. The van der Waals surface area contributed by atoms with Crippen LogP contribution in [0.4, 0.5) is 5.69 Å². The molecule has 2 aromatic rings. The van der Waals surface area contributed by atoms with E-state index < -0.39 is 16.0 Å². The van der Waals surface area contributed by atoms with Gasteiger partial charge in [-0.05, 0) is 37.1 Å². The van der Waals surface area contributed by atoms with Crippen LogP contribution in [0.25, 0.3) is 0 Å². The third-order valence-corrected chi connectivity index (χ3v) is 3.90. The first kappa shape index (κ1) is 17.0. The van der Waals surface area contributed by atoms with Crippen molar-refractivity contribution >= 4 is 21.7 Å². The van der Waals surface area contributed by atoms with E-state index in [1.54, 1.807) is 12.1 Å². The first-order valence-electron chi connectivity index (χ1n) is 7.06. The van der Waals surface area contributed by atoms with Crippen molar-refractivity contribution in [2.75, 3.05) is 11.0 Å². The van der Waals surface area contributed by atoms with E-state index in [0.717, 1.165) is 22.9 Å². The van der Waals surface area contributed by atoms with Gasteiger partial charge >= 0.3 is 5.97 Å². The number of rotatable bonds is 5. The van der Waals surface area contributed by atoms with Gasteiger partial charge in [0.05, 0.1) is 17.5 Å². The van der Waals surface area contributed by atoms with E-state index >= 15 is 0 Å². The molecule has 0 saturated heterocycles. The Kier molecular flexibility index (Phi) is 5.05. The Morgan fingerprint density at radius 3 is 2.52 bits per heavy atom. The topological polar surface area (TPSA) is 72.5 Å². The van der Waals surface area contributed by atoms with Crippen LogP contribution in [-0.2, 0) is 21.4 Å². The third-order valence-electron chi connectivity index (χ3n) is 3.31. The highest BCUT2D eigenvalue weighted by atomic mass is 32.2. The van der Waals surface area contributed by atoms with E-state index in [0.29, 0.717) is 0 Å². The molecule has 0 aromatic heterocycles. The number of sulfonamides is 1. The molecule has 0 aliphatic carbocycles. The maximum Gasteiger partial charge on any atom is 0.340 e. The number of anilines is 1. The normalized spacial score (nSPS) is 11.1. The van der Waals surface area contributed by atoms with Crippen molar-refractivity contribution in [3.05, 3.63) is 64.7 Å². The molecule has 0 spiro atoms. The lowest BCUT2D eigenvalue weighted by molar-refractivity contribution is 0.0473. The Hall–Kier alpha value is -2.34. The monoisotopic (exact) mass is 333 g/mol. The number of benzene rings is 2. The number of para-hydroxylation sites is 1. The molecule has 122 valence electrons. The lowest BCUT2D eigenvalue weighted by Gasteiger charge is -2.12. The van der Waals surface area contributed by atoms with Gasteiger partial charge in [0.1, 0.15) is 6.61 Å². The molecule has 1 N–H and O–H groups in total. The van der Waals surface area contributed by atoms with Gasteiger partial charge in [-0.2, -0.15) is 0 Å². The Morgan fingerprint density at radius 1 is 1.13 bits per heavy atom. The molecule has 5 nitrogen and oxygen atoms in total. The lowest BCUT2D eigenvalue weighted by atomic mass is 10.1. The number of carbonyl (C=O) groups excluding carboxylic acids is 1. The van der Waals surface area contributed by atoms with Gasteiger partial charge in [-0.15, -0.1) is 0 Å². The first-order chi connectivity index (χ1) is 10.8. The second-order valence-corrected chi connectivity index (χ2v) is 7.17. The molecule has 23 heavy (non-hydrogen) atoms. The summed E-state index contributed by atoms with van der Waals surface area (Å²) in [4.78, 5) is 12.3. The van der Waals surface area contributed by atoms with Crippen LogP contribution in [0.15, 0.2) is 42.5 Å². The summed E-state index contributed by atoms with van der Waals surface area (Å²) in [5.41, 5.74) is 3.43. The van der Waals surface area contributed by atoms with Crippen LogP contribution in [0.1, 0.15) is 27.0 Å². The summed E-state index contributed by atoms with van der Waals surface area (Å²) < 4.78 is 30.4. The van der Waals surface area contributed by atoms with E-state index in [-0.39, 0.29) is 17.9 Å². The predicted molar refractivity (Wildman–Crippen MR) is 89.9 cm³/mol. The number of carbonyl (C=O) groups is 1. The largest absolute Gasteiger partial charge is 0.457 e. The fourth-order valence-corrected chi connectivity index (χ4v) is 2.70. The molecule has 0 saturated carbocycles. The Bertz CT molecular complexity index is 828. The van der Waals surface area contributed by atoms with Crippen LogP contribution in [0, 0.1) is 13.8 Å². The van der Waals surface area contributed by atoms with Crippen LogP contribution in [0.5, 0.6) is 0 Å². The van der Waals surface area contributed by atoms with E-state index in [9.17, 15) is 13.2 Å². The summed E-state index contributed by atoms with van der Waals surface area (Å²) in [6.45, 7) is 4.05. The Morgan fingerprint density at radius 2 is 1.83 bits per heavy atom. The molecule has 0 radical (unpaired) electrons. The summed E-state index contributed by atoms with van der Waals surface area (Å²) in [6.07, 6.45) is 1.03. The van der Waals surface area contributed by atoms with Gasteiger partial charge in [0.25, 0.3) is 0 Å². The van der Waals surface area contributed by atoms with E-state index in [1.165, 1.54) is 12.1 Å². The predicted octanol–water partition coefficient (Wildman–Crippen LogP) is 3.03. The van der Waals surface area contributed by atoms with Crippen molar-refractivity contribution in [1.82, 2.24) is 0 Å². The van der Waals surface area contributed by atoms with Gasteiger partial charge in [0, 0.05) is 0 Å². The summed E-state index contributed by atoms with van der Waals surface area (Å²) >= 11 is 0. The van der Waals surface area contributed by atoms with Gasteiger partial charge in [0.2, 0.25) is 10.0 Å². The molecular formula is C17H19NO4S. The second kappa shape index (κ2) is 6.83. The van der Waals surface area contributed by atoms with Gasteiger partial charge in [-0.25, -0.2) is 13.2 Å². The zero-order valence-electron chi connectivity index (χ0n) is 13.3. The molecule has 0 atom stereocenters. The molecule has 0 bridgehead atoms. The van der Waals surface area contributed by atoms with Crippen LogP contribution < -0.4 is 4.72 Å². The Balaban J connectivity index is 2.17. The number of hydrogen-bond acceptors (Lipinski definition) is 4. The molecule has 0 aliphatic heterocycles. The van der Waals surface area contributed by atoms with Gasteiger partial charge in [-0.3, -0.25) is 4.72 Å². The number of esters is 1. The fourth-order valence-electron chi connectivity index (χ4n) is 2.13. The van der Waals surface area contributed by atoms with Crippen molar-refractivity contribution in [3.8, 4) is 0 Å². The van der Waals surface area contributed by atoms with Gasteiger partial charge in [0.15, 0.2) is 0 Å². The van der Waals surface area contributed by atoms with Crippen molar-refractivity contribution in [1.29, 1.82) is 0 Å². The van der Waals surface area contributed by atoms with E-state index in [4.69, 9.17) is 4.74 Å². The smallest absolute Gasteiger partial charge is 0.340 e. The standard InChI is InChI=1S/C17H19NO4S/c1-12-8-9-13(2)14(10-12)11-22-17(19)15-6-4-5-7-16(15)18-23(3,20)21/h4-10,18H,11H2,1-3H3. The lowest BCUT2D eigenvalue weighted by Crippen LogP contribution is -2.14. The summed E-state index contributed by atoms with van der Waals surface area (Å²) in [7, 11) is -3.47.